The van der Waals surface area contributed by atoms with Crippen LogP contribution in [0.25, 0.3) is 21.9 Å². The number of amides is 1. The van der Waals surface area contributed by atoms with Crippen molar-refractivity contribution < 1.29 is 15.0 Å². The van der Waals surface area contributed by atoms with Gasteiger partial charge in [0.1, 0.15) is 5.75 Å². The van der Waals surface area contributed by atoms with E-state index in [1.807, 2.05) is 29.0 Å². The van der Waals surface area contributed by atoms with Crippen LogP contribution in [0.2, 0.25) is 0 Å². The highest BCUT2D eigenvalue weighted by Gasteiger charge is 2.11. The second kappa shape index (κ2) is 8.45. The molecule has 4 N–H and O–H groups in total. The fraction of sp³-hybridized carbons (Fsp3) is 0.0870. The van der Waals surface area contributed by atoms with Crippen molar-refractivity contribution in [1.29, 1.82) is 0 Å². The molecule has 0 aliphatic rings. The molecule has 0 atom stereocenters. The number of aromatic hydroxyl groups is 2. The second-order valence-electron chi connectivity index (χ2n) is 6.99. The molecule has 0 spiro atoms. The van der Waals surface area contributed by atoms with E-state index in [2.05, 4.69) is 15.3 Å². The lowest BCUT2D eigenvalue weighted by Crippen LogP contribution is -2.08. The number of fused-ring (bicyclic) bond motifs is 1. The summed E-state index contributed by atoms with van der Waals surface area (Å²) in [6.45, 7) is 1.60. The smallest absolute Gasteiger partial charge is 0.258 e. The van der Waals surface area contributed by atoms with Gasteiger partial charge in [-0.05, 0) is 57.8 Å². The molecule has 0 aliphatic carbocycles. The molecule has 156 valence electrons. The average molecular weight is 433 g/mol. The molecule has 4 rings (SSSR count). The van der Waals surface area contributed by atoms with Gasteiger partial charge in [0.25, 0.3) is 5.56 Å². The number of nitrogens with zero attached hydrogens (tertiary/aromatic N) is 1. The number of hydrogen-bond acceptors (Lipinski definition) is 6. The molecule has 31 heavy (non-hydrogen) atoms. The summed E-state index contributed by atoms with van der Waals surface area (Å²) in [6, 6.07) is 12.3. The Morgan fingerprint density at radius 2 is 1.97 bits per heavy atom. The minimum absolute atomic E-state index is 0.0550. The van der Waals surface area contributed by atoms with E-state index in [9.17, 15) is 19.8 Å². The van der Waals surface area contributed by atoms with Gasteiger partial charge in [0.2, 0.25) is 11.8 Å². The van der Waals surface area contributed by atoms with Crippen LogP contribution in [-0.2, 0) is 11.3 Å². The second-order valence-corrected chi connectivity index (χ2v) is 7.77. The van der Waals surface area contributed by atoms with Crippen molar-refractivity contribution in [3.8, 4) is 22.8 Å². The number of rotatable bonds is 5. The van der Waals surface area contributed by atoms with Gasteiger partial charge >= 0.3 is 0 Å². The van der Waals surface area contributed by atoms with E-state index >= 15 is 0 Å². The summed E-state index contributed by atoms with van der Waals surface area (Å²) >= 11 is 1.58. The minimum Gasteiger partial charge on any atom is -0.506 e. The molecule has 2 aromatic carbocycles. The Kier molecular flexibility index (Phi) is 5.55. The molecule has 8 heteroatoms. The van der Waals surface area contributed by atoms with Crippen molar-refractivity contribution in [2.45, 2.75) is 13.5 Å². The van der Waals surface area contributed by atoms with Gasteiger partial charge in [0.05, 0.1) is 17.8 Å². The first-order chi connectivity index (χ1) is 14.9. The highest BCUT2D eigenvalue weighted by molar-refractivity contribution is 7.08. The Labute approximate surface area is 181 Å². The number of aromatic amines is 1. The zero-order chi connectivity index (χ0) is 22.0. The number of H-pyrrole nitrogens is 1. The fourth-order valence-corrected chi connectivity index (χ4v) is 3.95. The van der Waals surface area contributed by atoms with Crippen LogP contribution >= 0.6 is 11.3 Å². The average Bonchev–Trinajstić information content (AvgIpc) is 3.26. The van der Waals surface area contributed by atoms with Crippen LogP contribution < -0.4 is 10.9 Å². The topological polar surface area (TPSA) is 115 Å². The van der Waals surface area contributed by atoms with Crippen LogP contribution in [0.15, 0.2) is 63.0 Å². The van der Waals surface area contributed by atoms with Crippen LogP contribution in [0.3, 0.4) is 0 Å². The quantitative estimate of drug-likeness (QED) is 0.278. The van der Waals surface area contributed by atoms with E-state index in [4.69, 9.17) is 0 Å². The largest absolute Gasteiger partial charge is 0.506 e. The van der Waals surface area contributed by atoms with Gasteiger partial charge < -0.3 is 15.5 Å². The van der Waals surface area contributed by atoms with Gasteiger partial charge in [0.15, 0.2) is 0 Å². The maximum atomic E-state index is 12.3. The summed E-state index contributed by atoms with van der Waals surface area (Å²) in [4.78, 5) is 30.2. The van der Waals surface area contributed by atoms with Gasteiger partial charge in [-0.15, -0.1) is 0 Å². The third-order valence-corrected chi connectivity index (χ3v) is 5.45. The monoisotopic (exact) mass is 433 g/mol. The normalized spacial score (nSPS) is 11.3. The van der Waals surface area contributed by atoms with E-state index < -0.39 is 0 Å². The molecule has 0 saturated carbocycles. The molecule has 0 saturated heterocycles. The first-order valence-electron chi connectivity index (χ1n) is 9.43. The highest BCUT2D eigenvalue weighted by atomic mass is 32.1. The van der Waals surface area contributed by atoms with Crippen molar-refractivity contribution in [2.75, 3.05) is 5.32 Å². The Hall–Kier alpha value is -3.91. The Morgan fingerprint density at radius 3 is 2.68 bits per heavy atom. The number of benzene rings is 2. The van der Waals surface area contributed by atoms with E-state index in [-0.39, 0.29) is 29.6 Å². The Bertz CT molecular complexity index is 1360. The molecule has 0 radical (unpaired) electrons. The third-order valence-electron chi connectivity index (χ3n) is 4.76. The lowest BCUT2D eigenvalue weighted by Gasteiger charge is -2.08. The van der Waals surface area contributed by atoms with Crippen molar-refractivity contribution >= 4 is 39.9 Å². The lowest BCUT2D eigenvalue weighted by molar-refractivity contribution is -0.114. The summed E-state index contributed by atoms with van der Waals surface area (Å²) < 4.78 is 0. The summed E-state index contributed by atoms with van der Waals surface area (Å²) in [5.41, 5.74) is 3.04. The van der Waals surface area contributed by atoms with E-state index in [0.717, 1.165) is 16.7 Å². The number of aromatic nitrogens is 1. The standard InChI is InChI=1S/C23H19N3O4S/c1-13(27)25-20-5-2-14(8-21(20)28)10-24-11-19-18-9-15(16-6-7-31-12-16)3-4-17(18)22(29)26-23(19)30/h2-9,11-12,28H,10H2,1H3,(H,25,27)(H2,26,29,30). The zero-order valence-corrected chi connectivity index (χ0v) is 17.4. The molecule has 0 unspecified atom stereocenters. The third kappa shape index (κ3) is 4.34. The highest BCUT2D eigenvalue weighted by Crippen LogP contribution is 2.29. The van der Waals surface area contributed by atoms with E-state index in [1.165, 1.54) is 19.2 Å². The zero-order valence-electron chi connectivity index (χ0n) is 16.5. The van der Waals surface area contributed by atoms with Gasteiger partial charge in [-0.2, -0.15) is 11.3 Å². The molecular weight excluding hydrogens is 414 g/mol. The van der Waals surface area contributed by atoms with Crippen molar-refractivity contribution in [2.24, 2.45) is 4.99 Å². The van der Waals surface area contributed by atoms with E-state index in [0.29, 0.717) is 22.0 Å². The number of anilines is 1. The molecule has 4 aromatic rings. The molecule has 2 heterocycles. The van der Waals surface area contributed by atoms with Crippen molar-refractivity contribution in [3.05, 3.63) is 74.7 Å². The SMILES string of the molecule is CC(=O)Nc1ccc(CN=Cc2c(O)[nH]c(=O)c3ccc(-c4ccsc4)cc23)cc1O. The maximum Gasteiger partial charge on any atom is 0.258 e. The van der Waals surface area contributed by atoms with Crippen LogP contribution in [0.1, 0.15) is 18.1 Å². The van der Waals surface area contributed by atoms with Crippen LogP contribution in [0, 0.1) is 0 Å². The predicted octanol–water partition coefficient (Wildman–Crippen LogP) is 4.25. The first-order valence-corrected chi connectivity index (χ1v) is 10.4. The fourth-order valence-electron chi connectivity index (χ4n) is 3.29. The first kappa shape index (κ1) is 20.4. The molecule has 7 nitrogen and oxygen atoms in total. The number of phenols is 1. The van der Waals surface area contributed by atoms with Crippen molar-refractivity contribution in [3.63, 3.8) is 0 Å². The summed E-state index contributed by atoms with van der Waals surface area (Å²) in [5, 5.41) is 28.0. The maximum absolute atomic E-state index is 12.3. The van der Waals surface area contributed by atoms with Gasteiger partial charge in [-0.1, -0.05) is 12.1 Å². The minimum atomic E-state index is -0.375. The van der Waals surface area contributed by atoms with Crippen LogP contribution in [-0.4, -0.2) is 27.3 Å². The lowest BCUT2D eigenvalue weighted by atomic mass is 10.0. The molecule has 2 aromatic heterocycles. The number of aliphatic imine (C=N–C) groups is 1. The van der Waals surface area contributed by atoms with Gasteiger partial charge in [-0.25, -0.2) is 0 Å². The Balaban J connectivity index is 1.67. The summed E-state index contributed by atoms with van der Waals surface area (Å²) in [5.74, 6) is -0.587. The predicted molar refractivity (Wildman–Crippen MR) is 123 cm³/mol. The van der Waals surface area contributed by atoms with Crippen LogP contribution in [0.5, 0.6) is 11.6 Å². The molecule has 0 aliphatic heterocycles. The molecule has 0 fully saturated rings. The molecule has 0 bridgehead atoms. The van der Waals surface area contributed by atoms with Crippen LogP contribution in [0.4, 0.5) is 5.69 Å². The number of carbonyl (C=O) groups is 1. The number of nitrogens with one attached hydrogen (secondary N) is 2. The molecule has 1 amide bonds. The Morgan fingerprint density at radius 1 is 1.13 bits per heavy atom. The van der Waals surface area contributed by atoms with Gasteiger partial charge in [-0.3, -0.25) is 19.6 Å². The molecular formula is C23H19N3O4S. The number of carbonyl (C=O) groups excluding carboxylic acids is 1. The van der Waals surface area contributed by atoms with Crippen molar-refractivity contribution in [1.82, 2.24) is 4.98 Å². The summed E-state index contributed by atoms with van der Waals surface area (Å²) in [6.07, 6.45) is 1.50. The number of thiophene rings is 1. The number of hydrogen-bond donors (Lipinski definition) is 4. The van der Waals surface area contributed by atoms with Gasteiger partial charge in [0, 0.05) is 23.9 Å². The number of phenolic OH excluding ortho intramolecular Hbond substituents is 1. The number of pyridine rings is 1. The van der Waals surface area contributed by atoms with E-state index in [1.54, 1.807) is 29.5 Å². The summed E-state index contributed by atoms with van der Waals surface area (Å²) in [7, 11) is 0.